The van der Waals surface area contributed by atoms with E-state index in [1.54, 1.807) is 0 Å². The standard InChI is InChI=1S/C5H6N2O4/c6-2(4(8)9)1-3(7)5(10)11/h1,6H,7H2,(H,8,9)(H,10,11)/b3-1-,6-2?. The van der Waals surface area contributed by atoms with E-state index in [1.165, 1.54) is 0 Å². The van der Waals surface area contributed by atoms with E-state index in [-0.39, 0.29) is 0 Å². The van der Waals surface area contributed by atoms with Gasteiger partial charge in [-0.05, 0) is 0 Å². The Bertz CT molecular complexity index is 243. The lowest BCUT2D eigenvalue weighted by Gasteiger charge is -1.91. The van der Waals surface area contributed by atoms with E-state index in [0.717, 1.165) is 0 Å². The van der Waals surface area contributed by atoms with Crippen LogP contribution in [0, 0.1) is 5.41 Å². The molecule has 0 aliphatic rings. The largest absolute Gasteiger partial charge is 0.477 e. The summed E-state index contributed by atoms with van der Waals surface area (Å²) in [6, 6.07) is 0. The van der Waals surface area contributed by atoms with Gasteiger partial charge in [-0.1, -0.05) is 0 Å². The molecule has 6 nitrogen and oxygen atoms in total. The van der Waals surface area contributed by atoms with E-state index in [9.17, 15) is 9.59 Å². The Morgan fingerprint density at radius 2 is 1.73 bits per heavy atom. The van der Waals surface area contributed by atoms with Gasteiger partial charge in [0.05, 0.1) is 0 Å². The average Bonchev–Trinajstić information content (AvgIpc) is 1.87. The maximum atomic E-state index is 9.97. The zero-order valence-electron chi connectivity index (χ0n) is 5.37. The lowest BCUT2D eigenvalue weighted by Crippen LogP contribution is -2.16. The maximum absolute atomic E-state index is 9.97. The third-order valence-corrected chi connectivity index (χ3v) is 0.777. The number of carbonyl (C=O) groups is 2. The Labute approximate surface area is 61.4 Å². The van der Waals surface area contributed by atoms with Gasteiger partial charge in [-0.2, -0.15) is 0 Å². The van der Waals surface area contributed by atoms with Gasteiger partial charge in [0, 0.05) is 6.08 Å². The molecule has 0 saturated carbocycles. The second kappa shape index (κ2) is 3.35. The van der Waals surface area contributed by atoms with Crippen LogP contribution in [0.4, 0.5) is 0 Å². The van der Waals surface area contributed by atoms with Gasteiger partial charge in [0.2, 0.25) is 0 Å². The second-order valence-corrected chi connectivity index (χ2v) is 1.62. The van der Waals surface area contributed by atoms with Crippen molar-refractivity contribution in [3.05, 3.63) is 11.8 Å². The molecular formula is C5H6N2O4. The predicted octanol–water partition coefficient (Wildman–Crippen LogP) is -0.982. The second-order valence-electron chi connectivity index (χ2n) is 1.62. The predicted molar refractivity (Wildman–Crippen MR) is 35.3 cm³/mol. The lowest BCUT2D eigenvalue weighted by atomic mass is 10.3. The lowest BCUT2D eigenvalue weighted by molar-refractivity contribution is -0.132. The highest BCUT2D eigenvalue weighted by molar-refractivity contribution is 6.39. The zero-order valence-corrected chi connectivity index (χ0v) is 5.37. The van der Waals surface area contributed by atoms with Gasteiger partial charge < -0.3 is 15.9 Å². The first-order valence-electron chi connectivity index (χ1n) is 2.47. The van der Waals surface area contributed by atoms with E-state index in [1.807, 2.05) is 0 Å². The fourth-order valence-corrected chi connectivity index (χ4v) is 0.279. The number of nitrogens with two attached hydrogens (primary N) is 1. The van der Waals surface area contributed by atoms with Gasteiger partial charge in [0.15, 0.2) is 0 Å². The third kappa shape index (κ3) is 2.99. The molecule has 0 aromatic heterocycles. The van der Waals surface area contributed by atoms with Crippen LogP contribution in [0.25, 0.3) is 0 Å². The van der Waals surface area contributed by atoms with Gasteiger partial charge >= 0.3 is 11.9 Å². The molecule has 11 heavy (non-hydrogen) atoms. The first-order valence-corrected chi connectivity index (χ1v) is 2.47. The molecular weight excluding hydrogens is 152 g/mol. The minimum Gasteiger partial charge on any atom is -0.477 e. The van der Waals surface area contributed by atoms with Crippen molar-refractivity contribution in [2.45, 2.75) is 0 Å². The summed E-state index contributed by atoms with van der Waals surface area (Å²) in [7, 11) is 0. The summed E-state index contributed by atoms with van der Waals surface area (Å²) in [6.07, 6.45) is 0.560. The Kier molecular flexibility index (Phi) is 2.79. The highest BCUT2D eigenvalue weighted by atomic mass is 16.4. The minimum atomic E-state index is -1.52. The first kappa shape index (κ1) is 9.15. The molecule has 5 N–H and O–H groups in total. The highest BCUT2D eigenvalue weighted by Gasteiger charge is 2.07. The molecule has 0 rings (SSSR count). The van der Waals surface area contributed by atoms with Gasteiger partial charge in [0.1, 0.15) is 11.4 Å². The summed E-state index contributed by atoms with van der Waals surface area (Å²) in [6.45, 7) is 0. The van der Waals surface area contributed by atoms with Gasteiger partial charge in [-0.15, -0.1) is 0 Å². The number of hydrogen-bond donors (Lipinski definition) is 4. The fourth-order valence-electron chi connectivity index (χ4n) is 0.279. The van der Waals surface area contributed by atoms with Crippen LogP contribution in [0.3, 0.4) is 0 Å². The van der Waals surface area contributed by atoms with E-state index >= 15 is 0 Å². The molecule has 0 fully saturated rings. The van der Waals surface area contributed by atoms with Crippen molar-refractivity contribution >= 4 is 17.7 Å². The number of carboxylic acids is 2. The number of hydrogen-bond acceptors (Lipinski definition) is 4. The Morgan fingerprint density at radius 1 is 1.27 bits per heavy atom. The quantitative estimate of drug-likeness (QED) is 0.310. The van der Waals surface area contributed by atoms with Crippen LogP contribution in [0.1, 0.15) is 0 Å². The van der Waals surface area contributed by atoms with Crippen LogP contribution < -0.4 is 5.73 Å². The number of nitrogens with one attached hydrogen (secondary N) is 1. The van der Waals surface area contributed by atoms with E-state index < -0.39 is 23.3 Å². The fraction of sp³-hybridized carbons (Fsp3) is 0. The Hall–Kier alpha value is -1.85. The van der Waals surface area contributed by atoms with Crippen LogP contribution in [0.5, 0.6) is 0 Å². The summed E-state index contributed by atoms with van der Waals surface area (Å²) < 4.78 is 0. The normalized spacial score (nSPS) is 10.7. The SMILES string of the molecule is N=C(/C=C(\N)C(=O)O)C(=O)O. The van der Waals surface area contributed by atoms with Crippen molar-refractivity contribution in [2.75, 3.05) is 0 Å². The molecule has 60 valence electrons. The van der Waals surface area contributed by atoms with Crippen molar-refractivity contribution in [3.63, 3.8) is 0 Å². The zero-order chi connectivity index (χ0) is 9.02. The third-order valence-electron chi connectivity index (χ3n) is 0.777. The molecule has 0 spiro atoms. The molecule has 0 aliphatic carbocycles. The molecule has 6 heteroatoms. The van der Waals surface area contributed by atoms with Crippen molar-refractivity contribution in [1.82, 2.24) is 0 Å². The van der Waals surface area contributed by atoms with Crippen molar-refractivity contribution in [1.29, 1.82) is 5.41 Å². The maximum Gasteiger partial charge on any atom is 0.353 e. The number of aliphatic carboxylic acids is 2. The molecule has 0 amide bonds. The highest BCUT2D eigenvalue weighted by Crippen LogP contribution is 1.85. The molecule has 0 heterocycles. The molecule has 0 saturated heterocycles. The van der Waals surface area contributed by atoms with E-state index in [4.69, 9.17) is 21.4 Å². The Morgan fingerprint density at radius 3 is 2.00 bits per heavy atom. The molecule has 0 aliphatic heterocycles. The van der Waals surface area contributed by atoms with Crippen LogP contribution in [-0.4, -0.2) is 27.9 Å². The van der Waals surface area contributed by atoms with Crippen LogP contribution >= 0.6 is 0 Å². The molecule has 0 atom stereocenters. The Balaban J connectivity index is 4.44. The summed E-state index contributed by atoms with van der Waals surface area (Å²) in [5, 5.41) is 22.9. The van der Waals surface area contributed by atoms with Crippen LogP contribution in [-0.2, 0) is 9.59 Å². The molecule has 0 bridgehead atoms. The summed E-state index contributed by atoms with van der Waals surface area (Å²) in [5.41, 5.74) is 3.29. The topological polar surface area (TPSA) is 124 Å². The smallest absolute Gasteiger partial charge is 0.353 e. The van der Waals surface area contributed by atoms with Gasteiger partial charge in [-0.25, -0.2) is 9.59 Å². The molecule has 0 radical (unpaired) electrons. The van der Waals surface area contributed by atoms with E-state index in [2.05, 4.69) is 0 Å². The molecule has 0 aromatic rings. The van der Waals surface area contributed by atoms with Crippen molar-refractivity contribution < 1.29 is 19.8 Å². The van der Waals surface area contributed by atoms with Gasteiger partial charge in [0.25, 0.3) is 0 Å². The van der Waals surface area contributed by atoms with Crippen molar-refractivity contribution in [3.8, 4) is 0 Å². The van der Waals surface area contributed by atoms with Crippen LogP contribution in [0.15, 0.2) is 11.8 Å². The van der Waals surface area contributed by atoms with Crippen molar-refractivity contribution in [2.24, 2.45) is 5.73 Å². The minimum absolute atomic E-state index is 0.560. The summed E-state index contributed by atoms with van der Waals surface area (Å²) in [5.74, 6) is -2.97. The first-order chi connectivity index (χ1) is 4.95. The summed E-state index contributed by atoms with van der Waals surface area (Å²) >= 11 is 0. The van der Waals surface area contributed by atoms with Gasteiger partial charge in [-0.3, -0.25) is 5.41 Å². The van der Waals surface area contributed by atoms with Crippen LogP contribution in [0.2, 0.25) is 0 Å². The average molecular weight is 158 g/mol. The monoisotopic (exact) mass is 158 g/mol. The number of carboxylic acid groups (broad SMARTS) is 2. The molecule has 0 aromatic carbocycles. The molecule has 0 unspecified atom stereocenters. The summed E-state index contributed by atoms with van der Waals surface area (Å²) in [4.78, 5) is 19.9. The number of rotatable bonds is 3. The van der Waals surface area contributed by atoms with E-state index in [0.29, 0.717) is 6.08 Å².